The Morgan fingerprint density at radius 2 is 1.57 bits per heavy atom. The molecule has 140 valence electrons. The molecule has 0 saturated heterocycles. The van der Waals surface area contributed by atoms with Crippen LogP contribution in [-0.4, -0.2) is 14.8 Å². The van der Waals surface area contributed by atoms with E-state index < -0.39 is 0 Å². The number of thioether (sulfide) groups is 1. The Kier molecular flexibility index (Phi) is 5.85. The zero-order chi connectivity index (χ0) is 19.5. The molecule has 4 rings (SSSR count). The molecule has 0 amide bonds. The molecule has 1 aromatic heterocycles. The average Bonchev–Trinajstić information content (AvgIpc) is 3.13. The highest BCUT2D eigenvalue weighted by Crippen LogP contribution is 2.30. The monoisotopic (exact) mass is 469 g/mol. The Morgan fingerprint density at radius 3 is 2.25 bits per heavy atom. The van der Waals surface area contributed by atoms with Crippen LogP contribution in [0.5, 0.6) is 0 Å². The minimum absolute atomic E-state index is 0.706. The van der Waals surface area contributed by atoms with Crippen LogP contribution < -0.4 is 0 Å². The van der Waals surface area contributed by atoms with Crippen molar-refractivity contribution in [1.29, 1.82) is 0 Å². The van der Waals surface area contributed by atoms with Gasteiger partial charge in [-0.15, -0.1) is 10.2 Å². The summed E-state index contributed by atoms with van der Waals surface area (Å²) in [4.78, 5) is 0. The molecule has 4 aromatic rings. The van der Waals surface area contributed by atoms with Crippen molar-refractivity contribution in [2.24, 2.45) is 0 Å². The number of nitrogens with zero attached hydrogens (tertiary/aromatic N) is 3. The summed E-state index contributed by atoms with van der Waals surface area (Å²) in [5, 5.41) is 10.5. The summed E-state index contributed by atoms with van der Waals surface area (Å²) < 4.78 is 3.16. The summed E-state index contributed by atoms with van der Waals surface area (Å²) in [7, 11) is 0. The molecule has 0 aliphatic carbocycles. The van der Waals surface area contributed by atoms with Crippen molar-refractivity contribution in [3.63, 3.8) is 0 Å². The first-order valence-corrected chi connectivity index (χ1v) is 10.9. The summed E-state index contributed by atoms with van der Waals surface area (Å²) in [5.41, 5.74) is 4.47. The van der Waals surface area contributed by atoms with E-state index in [9.17, 15) is 0 Å². The van der Waals surface area contributed by atoms with Crippen molar-refractivity contribution in [1.82, 2.24) is 14.8 Å². The molecule has 0 fully saturated rings. The standard InChI is InChI=1S/C22H17BrClN3S/c1-15-2-6-17(7-3-15)21-25-26-22(27(21)20-12-10-19(24)11-13-20)28-14-16-4-8-18(23)9-5-16/h2-13H,14H2,1H3. The number of hydrogen-bond donors (Lipinski definition) is 0. The molecule has 0 aliphatic heterocycles. The lowest BCUT2D eigenvalue weighted by molar-refractivity contribution is 0.886. The highest BCUT2D eigenvalue weighted by molar-refractivity contribution is 9.10. The molecule has 0 N–H and O–H groups in total. The van der Waals surface area contributed by atoms with Gasteiger partial charge in [-0.05, 0) is 48.9 Å². The first kappa shape index (κ1) is 19.2. The Balaban J connectivity index is 1.72. The molecule has 6 heteroatoms. The number of aryl methyl sites for hydroxylation is 1. The third kappa shape index (κ3) is 4.32. The van der Waals surface area contributed by atoms with Gasteiger partial charge in [0.05, 0.1) is 0 Å². The maximum atomic E-state index is 6.09. The minimum Gasteiger partial charge on any atom is -0.270 e. The Hall–Kier alpha value is -2.08. The average molecular weight is 471 g/mol. The highest BCUT2D eigenvalue weighted by atomic mass is 79.9. The van der Waals surface area contributed by atoms with Gasteiger partial charge in [0.1, 0.15) is 0 Å². The number of aromatic nitrogens is 3. The lowest BCUT2D eigenvalue weighted by Gasteiger charge is -2.11. The van der Waals surface area contributed by atoms with Crippen LogP contribution in [0.15, 0.2) is 82.4 Å². The van der Waals surface area contributed by atoms with Gasteiger partial charge in [0.25, 0.3) is 0 Å². The molecule has 0 unspecified atom stereocenters. The minimum atomic E-state index is 0.706. The second-order valence-electron chi connectivity index (χ2n) is 6.40. The van der Waals surface area contributed by atoms with Gasteiger partial charge in [0.2, 0.25) is 0 Å². The summed E-state index contributed by atoms with van der Waals surface area (Å²) >= 11 is 11.2. The fourth-order valence-corrected chi connectivity index (χ4v) is 4.10. The fourth-order valence-electron chi connectivity index (χ4n) is 2.80. The number of rotatable bonds is 5. The Morgan fingerprint density at radius 1 is 0.893 bits per heavy atom. The third-order valence-corrected chi connectivity index (χ3v) is 6.09. The van der Waals surface area contributed by atoms with Crippen molar-refractivity contribution in [3.8, 4) is 17.1 Å². The van der Waals surface area contributed by atoms with Gasteiger partial charge in [-0.3, -0.25) is 4.57 Å². The van der Waals surface area contributed by atoms with Crippen LogP contribution in [0, 0.1) is 6.92 Å². The predicted octanol–water partition coefficient (Wildman–Crippen LogP) is 6.95. The molecule has 0 bridgehead atoms. The van der Waals surface area contributed by atoms with Crippen molar-refractivity contribution in [3.05, 3.63) is 93.4 Å². The van der Waals surface area contributed by atoms with Crippen LogP contribution in [0.1, 0.15) is 11.1 Å². The summed E-state index contributed by atoms with van der Waals surface area (Å²) in [6.45, 7) is 2.08. The molecule has 3 nitrogen and oxygen atoms in total. The normalized spacial score (nSPS) is 11.0. The van der Waals surface area contributed by atoms with Crippen molar-refractivity contribution in [2.75, 3.05) is 0 Å². The second-order valence-corrected chi connectivity index (χ2v) is 8.69. The van der Waals surface area contributed by atoms with Crippen LogP contribution in [0.4, 0.5) is 0 Å². The summed E-state index contributed by atoms with van der Waals surface area (Å²) in [6, 6.07) is 24.4. The lowest BCUT2D eigenvalue weighted by atomic mass is 10.1. The molecule has 1 heterocycles. The maximum absolute atomic E-state index is 6.09. The molecule has 28 heavy (non-hydrogen) atoms. The molecule has 0 saturated carbocycles. The van der Waals surface area contributed by atoms with Crippen LogP contribution in [0.3, 0.4) is 0 Å². The van der Waals surface area contributed by atoms with Gasteiger partial charge in [-0.2, -0.15) is 0 Å². The zero-order valence-corrected chi connectivity index (χ0v) is 18.3. The van der Waals surface area contributed by atoms with Crippen molar-refractivity contribution in [2.45, 2.75) is 17.8 Å². The van der Waals surface area contributed by atoms with Gasteiger partial charge in [-0.1, -0.05) is 81.3 Å². The van der Waals surface area contributed by atoms with Crippen LogP contribution in [0.2, 0.25) is 5.02 Å². The van der Waals surface area contributed by atoms with Gasteiger partial charge in [0, 0.05) is 26.5 Å². The Labute approximate surface area is 181 Å². The maximum Gasteiger partial charge on any atom is 0.196 e. The number of hydrogen-bond acceptors (Lipinski definition) is 3. The largest absolute Gasteiger partial charge is 0.270 e. The van der Waals surface area contributed by atoms with Crippen LogP contribution in [0.25, 0.3) is 17.1 Å². The van der Waals surface area contributed by atoms with Crippen LogP contribution >= 0.6 is 39.3 Å². The van der Waals surface area contributed by atoms with E-state index in [0.29, 0.717) is 5.02 Å². The topological polar surface area (TPSA) is 30.7 Å². The first-order chi connectivity index (χ1) is 13.6. The Bertz CT molecular complexity index is 1070. The molecule has 3 aromatic carbocycles. The molecular weight excluding hydrogens is 454 g/mol. The van der Waals surface area contributed by atoms with Gasteiger partial charge < -0.3 is 0 Å². The van der Waals surface area contributed by atoms with E-state index in [4.69, 9.17) is 11.6 Å². The van der Waals surface area contributed by atoms with Crippen LogP contribution in [-0.2, 0) is 5.75 Å². The third-order valence-electron chi connectivity index (χ3n) is 4.31. The molecule has 0 aliphatic rings. The summed E-state index contributed by atoms with van der Waals surface area (Å²) in [6.07, 6.45) is 0. The van der Waals surface area contributed by atoms with E-state index in [-0.39, 0.29) is 0 Å². The molecular formula is C22H17BrClN3S. The second kappa shape index (κ2) is 8.52. The highest BCUT2D eigenvalue weighted by Gasteiger charge is 2.16. The summed E-state index contributed by atoms with van der Waals surface area (Å²) in [5.74, 6) is 1.63. The van der Waals surface area contributed by atoms with Gasteiger partial charge in [-0.25, -0.2) is 0 Å². The fraction of sp³-hybridized carbons (Fsp3) is 0.0909. The smallest absolute Gasteiger partial charge is 0.196 e. The van der Waals surface area contributed by atoms with E-state index in [2.05, 4.69) is 86.1 Å². The zero-order valence-electron chi connectivity index (χ0n) is 15.1. The molecule has 0 radical (unpaired) electrons. The number of halogens is 2. The van der Waals surface area contributed by atoms with Gasteiger partial charge in [0.15, 0.2) is 11.0 Å². The van der Waals surface area contributed by atoms with E-state index in [0.717, 1.165) is 32.5 Å². The van der Waals surface area contributed by atoms with Crippen molar-refractivity contribution >= 4 is 39.3 Å². The predicted molar refractivity (Wildman–Crippen MR) is 120 cm³/mol. The molecule has 0 spiro atoms. The molecule has 0 atom stereocenters. The van der Waals surface area contributed by atoms with Gasteiger partial charge >= 0.3 is 0 Å². The van der Waals surface area contributed by atoms with E-state index in [1.165, 1.54) is 11.1 Å². The number of benzene rings is 3. The lowest BCUT2D eigenvalue weighted by Crippen LogP contribution is -1.99. The SMILES string of the molecule is Cc1ccc(-c2nnc(SCc3ccc(Br)cc3)n2-c2ccc(Cl)cc2)cc1. The van der Waals surface area contributed by atoms with E-state index in [1.54, 1.807) is 11.8 Å². The van der Waals surface area contributed by atoms with Crippen molar-refractivity contribution < 1.29 is 0 Å². The van der Waals surface area contributed by atoms with E-state index in [1.807, 2.05) is 24.3 Å². The quantitative estimate of drug-likeness (QED) is 0.296. The van der Waals surface area contributed by atoms with E-state index >= 15 is 0 Å². The first-order valence-electron chi connectivity index (χ1n) is 8.76.